The van der Waals surface area contributed by atoms with Crippen molar-refractivity contribution in [1.82, 2.24) is 5.32 Å². The molecule has 5 nitrogen and oxygen atoms in total. The van der Waals surface area contributed by atoms with Crippen LogP contribution in [-0.2, 0) is 16.1 Å². The summed E-state index contributed by atoms with van der Waals surface area (Å²) in [5, 5.41) is 5.08. The number of amides is 2. The summed E-state index contributed by atoms with van der Waals surface area (Å²) in [5.41, 5.74) is 2.86. The van der Waals surface area contributed by atoms with Gasteiger partial charge >= 0.3 is 0 Å². The molecule has 3 aromatic rings. The number of carbonyl (C=O) groups is 2. The van der Waals surface area contributed by atoms with Crippen LogP contribution in [0.25, 0.3) is 0 Å². The molecule has 1 saturated heterocycles. The molecule has 2 heterocycles. The number of benzene rings is 2. The normalized spacial score (nSPS) is 18.6. The molecule has 4 rings (SSSR count). The minimum Gasteiger partial charge on any atom is -0.497 e. The van der Waals surface area contributed by atoms with E-state index in [1.165, 1.54) is 0 Å². The first-order valence-electron chi connectivity index (χ1n) is 10.4. The Bertz CT molecular complexity index is 1030. The quantitative estimate of drug-likeness (QED) is 0.602. The highest BCUT2D eigenvalue weighted by atomic mass is 32.1. The Kier molecular flexibility index (Phi) is 6.37. The Balaban J connectivity index is 1.68. The fourth-order valence-electron chi connectivity index (χ4n) is 4.08. The van der Waals surface area contributed by atoms with Gasteiger partial charge in [-0.05, 0) is 54.6 Å². The molecule has 1 aliphatic rings. The van der Waals surface area contributed by atoms with Gasteiger partial charge < -0.3 is 15.0 Å². The average molecular weight is 435 g/mol. The van der Waals surface area contributed by atoms with Crippen molar-refractivity contribution in [1.29, 1.82) is 0 Å². The third-order valence-electron chi connectivity index (χ3n) is 5.72. The van der Waals surface area contributed by atoms with E-state index in [1.807, 2.05) is 73.0 Å². The minimum atomic E-state index is -0.377. The second-order valence-corrected chi connectivity index (χ2v) is 8.79. The smallest absolute Gasteiger partial charge is 0.227 e. The zero-order valence-corrected chi connectivity index (χ0v) is 18.5. The topological polar surface area (TPSA) is 58.6 Å². The zero-order valence-electron chi connectivity index (χ0n) is 17.7. The van der Waals surface area contributed by atoms with Crippen molar-refractivity contribution in [3.63, 3.8) is 0 Å². The number of nitrogens with zero attached hydrogens (tertiary/aromatic N) is 1. The number of aryl methyl sites for hydroxylation is 1. The van der Waals surface area contributed by atoms with Gasteiger partial charge in [0.15, 0.2) is 0 Å². The molecule has 2 amide bonds. The van der Waals surface area contributed by atoms with Gasteiger partial charge in [-0.25, -0.2) is 0 Å². The van der Waals surface area contributed by atoms with Crippen molar-refractivity contribution in [2.75, 3.05) is 12.0 Å². The van der Waals surface area contributed by atoms with Gasteiger partial charge in [0.1, 0.15) is 5.75 Å². The maximum Gasteiger partial charge on any atom is 0.227 e. The summed E-state index contributed by atoms with van der Waals surface area (Å²) < 4.78 is 5.30. The Labute approximate surface area is 186 Å². The summed E-state index contributed by atoms with van der Waals surface area (Å²) in [6, 6.07) is 19.2. The minimum absolute atomic E-state index is 0.0289. The maximum absolute atomic E-state index is 13.3. The first-order valence-corrected chi connectivity index (χ1v) is 11.3. The lowest BCUT2D eigenvalue weighted by atomic mass is 9.83. The van der Waals surface area contributed by atoms with Gasteiger partial charge in [0.25, 0.3) is 0 Å². The van der Waals surface area contributed by atoms with E-state index in [0.717, 1.165) is 27.4 Å². The Morgan fingerprint density at radius 3 is 2.52 bits per heavy atom. The second kappa shape index (κ2) is 9.35. The number of hydrogen-bond acceptors (Lipinski definition) is 4. The molecule has 1 N–H and O–H groups in total. The standard InChI is InChI=1S/C25H26N2O3S/c1-17-5-9-19(10-6-17)27-23(28)14-13-22(25(29)26-16-21-4-3-15-31-21)24(27)18-7-11-20(30-2)12-8-18/h3-12,15,22,24H,13-14,16H2,1-2H3,(H,26,29). The van der Waals surface area contributed by atoms with E-state index in [4.69, 9.17) is 4.74 Å². The highest BCUT2D eigenvalue weighted by molar-refractivity contribution is 7.09. The molecule has 1 aromatic heterocycles. The monoisotopic (exact) mass is 434 g/mol. The van der Waals surface area contributed by atoms with Crippen molar-refractivity contribution >= 4 is 28.8 Å². The van der Waals surface area contributed by atoms with Crippen LogP contribution in [-0.4, -0.2) is 18.9 Å². The molecule has 0 aliphatic carbocycles. The number of anilines is 1. The van der Waals surface area contributed by atoms with E-state index in [9.17, 15) is 9.59 Å². The van der Waals surface area contributed by atoms with Crippen LogP contribution >= 0.6 is 11.3 Å². The van der Waals surface area contributed by atoms with Gasteiger partial charge in [-0.3, -0.25) is 9.59 Å². The van der Waals surface area contributed by atoms with Crippen molar-refractivity contribution in [2.24, 2.45) is 5.92 Å². The number of ether oxygens (including phenoxy) is 1. The van der Waals surface area contributed by atoms with Crippen molar-refractivity contribution < 1.29 is 14.3 Å². The van der Waals surface area contributed by atoms with Crippen LogP contribution in [0.1, 0.15) is 34.9 Å². The average Bonchev–Trinajstić information content (AvgIpc) is 3.32. The van der Waals surface area contributed by atoms with Gasteiger partial charge in [-0.1, -0.05) is 35.9 Å². The first kappa shape index (κ1) is 21.1. The number of nitrogens with one attached hydrogen (secondary N) is 1. The second-order valence-electron chi connectivity index (χ2n) is 7.76. The van der Waals surface area contributed by atoms with E-state index in [1.54, 1.807) is 23.3 Å². The summed E-state index contributed by atoms with van der Waals surface area (Å²) >= 11 is 1.62. The summed E-state index contributed by atoms with van der Waals surface area (Å²) in [6.07, 6.45) is 0.867. The molecule has 1 fully saturated rings. The van der Waals surface area contributed by atoms with Crippen LogP contribution in [0, 0.1) is 12.8 Å². The SMILES string of the molecule is COc1ccc(C2C(C(=O)NCc3cccs3)CCC(=O)N2c2ccc(C)cc2)cc1. The summed E-state index contributed by atoms with van der Waals surface area (Å²) in [5.74, 6) is 0.407. The van der Waals surface area contributed by atoms with Crippen molar-refractivity contribution in [3.8, 4) is 5.75 Å². The number of methoxy groups -OCH3 is 1. The summed E-state index contributed by atoms with van der Waals surface area (Å²) in [6.45, 7) is 2.52. The Hall–Kier alpha value is -3.12. The van der Waals surface area contributed by atoms with Crippen LogP contribution in [0.2, 0.25) is 0 Å². The van der Waals surface area contributed by atoms with Crippen molar-refractivity contribution in [3.05, 3.63) is 82.0 Å². The molecule has 0 radical (unpaired) electrons. The Morgan fingerprint density at radius 1 is 1.13 bits per heavy atom. The highest BCUT2D eigenvalue weighted by Crippen LogP contribution is 2.40. The molecule has 6 heteroatoms. The molecule has 1 aliphatic heterocycles. The molecule has 0 bridgehead atoms. The molecule has 0 saturated carbocycles. The third kappa shape index (κ3) is 4.64. The fraction of sp³-hybridized carbons (Fsp3) is 0.280. The van der Waals surface area contributed by atoms with Crippen LogP contribution < -0.4 is 15.0 Å². The first-order chi connectivity index (χ1) is 15.1. The number of rotatable bonds is 6. The van der Waals surface area contributed by atoms with E-state index in [0.29, 0.717) is 19.4 Å². The number of thiophene rings is 1. The van der Waals surface area contributed by atoms with Crippen LogP contribution in [0.4, 0.5) is 5.69 Å². The van der Waals surface area contributed by atoms with Crippen LogP contribution in [0.5, 0.6) is 5.75 Å². The molecular weight excluding hydrogens is 408 g/mol. The van der Waals surface area contributed by atoms with E-state index < -0.39 is 0 Å². The van der Waals surface area contributed by atoms with E-state index in [2.05, 4.69) is 5.32 Å². The van der Waals surface area contributed by atoms with Gasteiger partial charge in [-0.15, -0.1) is 11.3 Å². The van der Waals surface area contributed by atoms with Gasteiger partial charge in [0, 0.05) is 17.0 Å². The lowest BCUT2D eigenvalue weighted by molar-refractivity contribution is -0.129. The molecular formula is C25H26N2O3S. The predicted molar refractivity (Wildman–Crippen MR) is 123 cm³/mol. The number of piperidine rings is 1. The number of carbonyl (C=O) groups excluding carboxylic acids is 2. The highest BCUT2D eigenvalue weighted by Gasteiger charge is 2.41. The molecule has 2 unspecified atom stereocenters. The molecule has 160 valence electrons. The predicted octanol–water partition coefficient (Wildman–Crippen LogP) is 4.87. The molecule has 31 heavy (non-hydrogen) atoms. The fourth-order valence-corrected chi connectivity index (χ4v) is 4.72. The third-order valence-corrected chi connectivity index (χ3v) is 6.60. The maximum atomic E-state index is 13.3. The van der Waals surface area contributed by atoms with Gasteiger partial charge in [0.05, 0.1) is 25.6 Å². The van der Waals surface area contributed by atoms with E-state index >= 15 is 0 Å². The largest absolute Gasteiger partial charge is 0.497 e. The molecule has 0 spiro atoms. The summed E-state index contributed by atoms with van der Waals surface area (Å²) in [4.78, 5) is 29.2. The lowest BCUT2D eigenvalue weighted by Crippen LogP contribution is -2.48. The lowest BCUT2D eigenvalue weighted by Gasteiger charge is -2.41. The van der Waals surface area contributed by atoms with Gasteiger partial charge in [0.2, 0.25) is 11.8 Å². The summed E-state index contributed by atoms with van der Waals surface area (Å²) in [7, 11) is 1.62. The molecule has 2 atom stereocenters. The Morgan fingerprint density at radius 2 is 1.87 bits per heavy atom. The van der Waals surface area contributed by atoms with Crippen LogP contribution in [0.15, 0.2) is 66.0 Å². The zero-order chi connectivity index (χ0) is 21.8. The molecule has 2 aromatic carbocycles. The van der Waals surface area contributed by atoms with Crippen molar-refractivity contribution in [2.45, 2.75) is 32.4 Å². The van der Waals surface area contributed by atoms with E-state index in [-0.39, 0.29) is 23.8 Å². The number of hydrogen-bond donors (Lipinski definition) is 1. The van der Waals surface area contributed by atoms with Crippen LogP contribution in [0.3, 0.4) is 0 Å². The van der Waals surface area contributed by atoms with Gasteiger partial charge in [-0.2, -0.15) is 0 Å².